The first kappa shape index (κ1) is 16.7. The molecule has 0 radical (unpaired) electrons. The molecule has 0 saturated carbocycles. The largest absolute Gasteiger partial charge is 0.482 e. The predicted molar refractivity (Wildman–Crippen MR) is 81.9 cm³/mol. The van der Waals surface area contributed by atoms with Gasteiger partial charge >= 0.3 is 5.97 Å². The van der Waals surface area contributed by atoms with Gasteiger partial charge in [0, 0.05) is 0 Å². The highest BCUT2D eigenvalue weighted by Gasteiger charge is 2.24. The molecule has 1 N–H and O–H groups in total. The van der Waals surface area contributed by atoms with Crippen molar-refractivity contribution >= 4 is 15.7 Å². The Morgan fingerprint density at radius 3 is 2.15 bits per heavy atom. The molecular formula is C15H24O4Si. The van der Waals surface area contributed by atoms with Crippen molar-refractivity contribution in [1.29, 1.82) is 0 Å². The van der Waals surface area contributed by atoms with Crippen LogP contribution in [0.2, 0.25) is 5.04 Å². The van der Waals surface area contributed by atoms with Gasteiger partial charge in [0.25, 0.3) is 0 Å². The van der Waals surface area contributed by atoms with Crippen LogP contribution in [0.1, 0.15) is 40.2 Å². The standard InChI is InChI=1S/C15H24O4Si/c1-14(2,3)20-19-15(4,5)11-6-8-12(9-7-11)18-10-13(16)17/h6-9H,10,20H2,1-5H3,(H,16,17). The number of carboxylic acid groups (broad SMARTS) is 1. The van der Waals surface area contributed by atoms with Gasteiger partial charge in [-0.2, -0.15) is 0 Å². The van der Waals surface area contributed by atoms with Crippen molar-refractivity contribution in [1.82, 2.24) is 0 Å². The van der Waals surface area contributed by atoms with Crippen LogP contribution in [0.5, 0.6) is 5.75 Å². The van der Waals surface area contributed by atoms with Crippen LogP contribution in [-0.2, 0) is 14.8 Å². The lowest BCUT2D eigenvalue weighted by molar-refractivity contribution is -0.139. The molecule has 0 saturated heterocycles. The predicted octanol–water partition coefficient (Wildman–Crippen LogP) is 2.70. The first-order valence-electron chi connectivity index (χ1n) is 6.69. The lowest BCUT2D eigenvalue weighted by Gasteiger charge is -2.30. The average Bonchev–Trinajstić information content (AvgIpc) is 2.34. The molecule has 0 spiro atoms. The number of carbonyl (C=O) groups is 1. The third-order valence-electron chi connectivity index (χ3n) is 2.78. The summed E-state index contributed by atoms with van der Waals surface area (Å²) < 4.78 is 11.2. The molecule has 4 nitrogen and oxygen atoms in total. The number of carboxylic acids is 1. The van der Waals surface area contributed by atoms with Crippen molar-refractivity contribution in [2.24, 2.45) is 0 Å². The molecule has 20 heavy (non-hydrogen) atoms. The number of ether oxygens (including phenoxy) is 1. The quantitative estimate of drug-likeness (QED) is 0.820. The summed E-state index contributed by atoms with van der Waals surface area (Å²) in [5.41, 5.74) is 0.738. The Bertz CT molecular complexity index is 446. The molecule has 5 heteroatoms. The number of hydrogen-bond donors (Lipinski definition) is 1. The van der Waals surface area contributed by atoms with Gasteiger partial charge < -0.3 is 14.3 Å². The van der Waals surface area contributed by atoms with E-state index in [1.54, 1.807) is 12.1 Å². The van der Waals surface area contributed by atoms with E-state index in [1.165, 1.54) is 0 Å². The summed E-state index contributed by atoms with van der Waals surface area (Å²) in [6.45, 7) is 10.4. The lowest BCUT2D eigenvalue weighted by atomic mass is 9.99. The zero-order valence-corrected chi connectivity index (χ0v) is 14.3. The molecule has 112 valence electrons. The van der Waals surface area contributed by atoms with Gasteiger partial charge in [0.1, 0.15) is 5.75 Å². The molecule has 0 heterocycles. The Hall–Kier alpha value is -1.33. The molecule has 0 atom stereocenters. The Balaban J connectivity index is 2.68. The maximum Gasteiger partial charge on any atom is 0.341 e. The van der Waals surface area contributed by atoms with E-state index in [0.717, 1.165) is 5.56 Å². The van der Waals surface area contributed by atoms with Crippen LogP contribution in [0.4, 0.5) is 0 Å². The second-order valence-electron chi connectivity index (χ2n) is 6.57. The fourth-order valence-corrected chi connectivity index (χ4v) is 2.54. The van der Waals surface area contributed by atoms with Crippen LogP contribution >= 0.6 is 0 Å². The molecule has 0 aromatic heterocycles. The monoisotopic (exact) mass is 296 g/mol. The summed E-state index contributed by atoms with van der Waals surface area (Å²) in [5.74, 6) is -0.422. The Kier molecular flexibility index (Phi) is 5.36. The molecule has 0 aliphatic heterocycles. The number of rotatable bonds is 6. The number of hydrogen-bond acceptors (Lipinski definition) is 3. The Labute approximate surface area is 123 Å². The molecule has 0 aliphatic rings. The van der Waals surface area contributed by atoms with E-state index < -0.39 is 15.7 Å². The summed E-state index contributed by atoms with van der Waals surface area (Å²) in [4.78, 5) is 10.4. The van der Waals surface area contributed by atoms with Gasteiger partial charge in [-0.25, -0.2) is 4.79 Å². The highest BCUT2D eigenvalue weighted by atomic mass is 28.2. The van der Waals surface area contributed by atoms with Crippen molar-refractivity contribution in [3.05, 3.63) is 29.8 Å². The normalized spacial score (nSPS) is 12.8. The lowest BCUT2D eigenvalue weighted by Crippen LogP contribution is -2.27. The fraction of sp³-hybridized carbons (Fsp3) is 0.533. The second kappa shape index (κ2) is 6.41. The van der Waals surface area contributed by atoms with Crippen molar-refractivity contribution in [2.45, 2.75) is 45.3 Å². The maximum absolute atomic E-state index is 10.4. The smallest absolute Gasteiger partial charge is 0.341 e. The van der Waals surface area contributed by atoms with E-state index in [-0.39, 0.29) is 17.2 Å². The van der Waals surface area contributed by atoms with Crippen LogP contribution in [0, 0.1) is 0 Å². The van der Waals surface area contributed by atoms with E-state index in [2.05, 4.69) is 34.6 Å². The molecule has 0 unspecified atom stereocenters. The minimum absolute atomic E-state index is 0.252. The van der Waals surface area contributed by atoms with Gasteiger partial charge in [-0.15, -0.1) is 0 Å². The van der Waals surface area contributed by atoms with Crippen LogP contribution in [0.25, 0.3) is 0 Å². The van der Waals surface area contributed by atoms with E-state index >= 15 is 0 Å². The third kappa shape index (κ3) is 5.75. The van der Waals surface area contributed by atoms with Crippen molar-refractivity contribution in [3.63, 3.8) is 0 Å². The molecule has 0 fully saturated rings. The van der Waals surface area contributed by atoms with Gasteiger partial charge in [0.15, 0.2) is 16.4 Å². The minimum Gasteiger partial charge on any atom is -0.482 e. The Morgan fingerprint density at radius 2 is 1.70 bits per heavy atom. The summed E-state index contributed by atoms with van der Waals surface area (Å²) in [6, 6.07) is 7.41. The van der Waals surface area contributed by atoms with Gasteiger partial charge in [-0.1, -0.05) is 32.9 Å². The molecule has 1 aromatic rings. The van der Waals surface area contributed by atoms with Crippen molar-refractivity contribution in [3.8, 4) is 5.75 Å². The third-order valence-corrected chi connectivity index (χ3v) is 4.51. The molecule has 0 aliphatic carbocycles. The van der Waals surface area contributed by atoms with E-state index in [9.17, 15) is 4.79 Å². The average molecular weight is 296 g/mol. The molecule has 1 rings (SSSR count). The summed E-state index contributed by atoms with van der Waals surface area (Å²) >= 11 is 0. The topological polar surface area (TPSA) is 55.8 Å². The van der Waals surface area contributed by atoms with Crippen molar-refractivity contribution < 1.29 is 19.1 Å². The highest BCUT2D eigenvalue weighted by molar-refractivity contribution is 6.31. The van der Waals surface area contributed by atoms with Crippen molar-refractivity contribution in [2.75, 3.05) is 6.61 Å². The summed E-state index contributed by atoms with van der Waals surface area (Å²) in [7, 11) is -0.637. The minimum atomic E-state index is -0.978. The Morgan fingerprint density at radius 1 is 1.15 bits per heavy atom. The van der Waals surface area contributed by atoms with E-state index in [0.29, 0.717) is 5.75 Å². The summed E-state index contributed by atoms with van der Waals surface area (Å²) in [5, 5.41) is 8.82. The number of benzene rings is 1. The fourth-order valence-electron chi connectivity index (χ4n) is 1.58. The summed E-state index contributed by atoms with van der Waals surface area (Å²) in [6.07, 6.45) is 0. The van der Waals surface area contributed by atoms with Crippen LogP contribution in [-0.4, -0.2) is 27.4 Å². The maximum atomic E-state index is 10.4. The first-order chi connectivity index (χ1) is 9.10. The van der Waals surface area contributed by atoms with Gasteiger partial charge in [0.2, 0.25) is 0 Å². The van der Waals surface area contributed by atoms with Crippen LogP contribution in [0.3, 0.4) is 0 Å². The number of aliphatic carboxylic acids is 1. The van der Waals surface area contributed by atoms with Crippen LogP contribution < -0.4 is 4.74 Å². The van der Waals surface area contributed by atoms with Crippen LogP contribution in [0.15, 0.2) is 24.3 Å². The van der Waals surface area contributed by atoms with Gasteiger partial charge in [-0.05, 0) is 36.6 Å². The second-order valence-corrected chi connectivity index (χ2v) is 9.27. The molecule has 0 amide bonds. The van der Waals surface area contributed by atoms with Gasteiger partial charge in [-0.3, -0.25) is 0 Å². The van der Waals surface area contributed by atoms with E-state index in [1.807, 2.05) is 12.1 Å². The molecule has 0 bridgehead atoms. The molecular weight excluding hydrogens is 272 g/mol. The highest BCUT2D eigenvalue weighted by Crippen LogP contribution is 2.30. The molecule has 1 aromatic carbocycles. The van der Waals surface area contributed by atoms with E-state index in [4.69, 9.17) is 14.3 Å². The first-order valence-corrected chi connectivity index (χ1v) is 7.98. The zero-order valence-electron chi connectivity index (χ0n) is 12.9. The van der Waals surface area contributed by atoms with Gasteiger partial charge in [0.05, 0.1) is 5.60 Å². The zero-order chi connectivity index (χ0) is 15.4. The SMILES string of the molecule is CC(C)(C)[SiH2]OC(C)(C)c1ccc(OCC(=O)O)cc1.